The molecule has 0 bridgehead atoms. The third-order valence-electron chi connectivity index (χ3n) is 3.07. The molecule has 0 saturated carbocycles. The van der Waals surface area contributed by atoms with Gasteiger partial charge in [-0.15, -0.1) is 0 Å². The van der Waals surface area contributed by atoms with Crippen molar-refractivity contribution in [3.8, 4) is 17.2 Å². The lowest BCUT2D eigenvalue weighted by atomic mass is 10.1. The molecule has 6 nitrogen and oxygen atoms in total. The molecule has 0 radical (unpaired) electrons. The fourth-order valence-electron chi connectivity index (χ4n) is 1.97. The number of phenolic OH excluding ortho intramolecular Hbond substituents is 1. The summed E-state index contributed by atoms with van der Waals surface area (Å²) in [7, 11) is 0. The maximum Gasteiger partial charge on any atom is 0.259 e. The summed E-state index contributed by atoms with van der Waals surface area (Å²) in [4.78, 5) is 12.3. The molecule has 114 valence electrons. The number of nitrogens with two attached hydrogens (primary N) is 1. The Labute approximate surface area is 135 Å². The van der Waals surface area contributed by atoms with E-state index in [1.807, 2.05) is 0 Å². The van der Waals surface area contributed by atoms with Crippen LogP contribution in [-0.4, -0.2) is 17.8 Å². The number of rotatable bonds is 2. The fraction of sp³-hybridized carbons (Fsp3) is 0.0714. The van der Waals surface area contributed by atoms with Gasteiger partial charge in [-0.3, -0.25) is 4.79 Å². The molecule has 1 amide bonds. The molecule has 2 aromatic carbocycles. The smallest absolute Gasteiger partial charge is 0.259 e. The molecule has 0 atom stereocenters. The summed E-state index contributed by atoms with van der Waals surface area (Å²) in [5, 5.41) is 12.9. The minimum Gasteiger partial charge on any atom is -0.507 e. The highest BCUT2D eigenvalue weighted by molar-refractivity contribution is 6.39. The van der Waals surface area contributed by atoms with E-state index < -0.39 is 5.91 Å². The second-order valence-electron chi connectivity index (χ2n) is 4.53. The van der Waals surface area contributed by atoms with E-state index in [1.165, 1.54) is 24.3 Å². The standard InChI is InChI=1S/C14H10Cl2N2O4/c15-8-1-6(2-9(16)13(8)17)18-14(20)7-3-11-12(4-10(7)19)22-5-21-11/h1-4,19H,5,17H2,(H,18,20). The molecule has 3 rings (SSSR count). The highest BCUT2D eigenvalue weighted by atomic mass is 35.5. The second kappa shape index (κ2) is 5.47. The zero-order chi connectivity index (χ0) is 15.9. The van der Waals surface area contributed by atoms with E-state index >= 15 is 0 Å². The molecule has 0 aliphatic carbocycles. The molecular formula is C14H10Cl2N2O4. The molecule has 1 heterocycles. The summed E-state index contributed by atoms with van der Waals surface area (Å²) in [6.07, 6.45) is 0. The maximum absolute atomic E-state index is 12.3. The van der Waals surface area contributed by atoms with Crippen molar-refractivity contribution in [1.82, 2.24) is 0 Å². The van der Waals surface area contributed by atoms with Crippen LogP contribution in [0.1, 0.15) is 10.4 Å². The zero-order valence-electron chi connectivity index (χ0n) is 11.0. The molecule has 0 fully saturated rings. The van der Waals surface area contributed by atoms with Crippen LogP contribution in [0.25, 0.3) is 0 Å². The zero-order valence-corrected chi connectivity index (χ0v) is 12.5. The molecule has 0 unspecified atom stereocenters. The lowest BCUT2D eigenvalue weighted by Gasteiger charge is -2.10. The van der Waals surface area contributed by atoms with Gasteiger partial charge in [-0.25, -0.2) is 0 Å². The van der Waals surface area contributed by atoms with Crippen molar-refractivity contribution in [3.63, 3.8) is 0 Å². The van der Waals surface area contributed by atoms with Gasteiger partial charge in [-0.05, 0) is 12.1 Å². The number of nitrogens with one attached hydrogen (secondary N) is 1. The van der Waals surface area contributed by atoms with Gasteiger partial charge < -0.3 is 25.6 Å². The monoisotopic (exact) mass is 340 g/mol. The van der Waals surface area contributed by atoms with Crippen LogP contribution in [0, 0.1) is 0 Å². The summed E-state index contributed by atoms with van der Waals surface area (Å²) in [5.41, 5.74) is 6.25. The Morgan fingerprint density at radius 1 is 1.14 bits per heavy atom. The van der Waals surface area contributed by atoms with Crippen molar-refractivity contribution in [2.24, 2.45) is 0 Å². The number of carbonyl (C=O) groups is 1. The largest absolute Gasteiger partial charge is 0.507 e. The van der Waals surface area contributed by atoms with Gasteiger partial charge in [-0.2, -0.15) is 0 Å². The van der Waals surface area contributed by atoms with Crippen LogP contribution in [0.2, 0.25) is 10.0 Å². The lowest BCUT2D eigenvalue weighted by molar-refractivity contribution is 0.102. The SMILES string of the molecule is Nc1c(Cl)cc(NC(=O)c2cc3c(cc2O)OCO3)cc1Cl. The second-order valence-corrected chi connectivity index (χ2v) is 5.34. The van der Waals surface area contributed by atoms with Crippen LogP contribution in [0.3, 0.4) is 0 Å². The number of nitrogen functional groups attached to an aromatic ring is 1. The molecule has 4 N–H and O–H groups in total. The Balaban J connectivity index is 1.89. The van der Waals surface area contributed by atoms with Gasteiger partial charge in [-0.1, -0.05) is 23.2 Å². The highest BCUT2D eigenvalue weighted by Crippen LogP contribution is 2.38. The Kier molecular flexibility index (Phi) is 3.64. The van der Waals surface area contributed by atoms with Crippen molar-refractivity contribution < 1.29 is 19.4 Å². The van der Waals surface area contributed by atoms with E-state index in [0.29, 0.717) is 17.2 Å². The maximum atomic E-state index is 12.3. The first kappa shape index (κ1) is 14.6. The number of phenols is 1. The Morgan fingerprint density at radius 3 is 2.36 bits per heavy atom. The van der Waals surface area contributed by atoms with Crippen molar-refractivity contribution in [3.05, 3.63) is 39.9 Å². The van der Waals surface area contributed by atoms with E-state index in [9.17, 15) is 9.90 Å². The normalized spacial score (nSPS) is 12.3. The fourth-order valence-corrected chi connectivity index (χ4v) is 2.46. The van der Waals surface area contributed by atoms with Gasteiger partial charge in [0.05, 0.1) is 21.3 Å². The lowest BCUT2D eigenvalue weighted by Crippen LogP contribution is -2.12. The van der Waals surface area contributed by atoms with Crippen LogP contribution in [0.5, 0.6) is 17.2 Å². The molecule has 0 saturated heterocycles. The Bertz CT molecular complexity index is 757. The summed E-state index contributed by atoms with van der Waals surface area (Å²) >= 11 is 11.8. The van der Waals surface area contributed by atoms with Crippen LogP contribution in [0.4, 0.5) is 11.4 Å². The van der Waals surface area contributed by atoms with E-state index in [1.54, 1.807) is 0 Å². The first-order chi connectivity index (χ1) is 10.5. The molecule has 1 aliphatic rings. The van der Waals surface area contributed by atoms with Gasteiger partial charge in [0.15, 0.2) is 11.5 Å². The Morgan fingerprint density at radius 2 is 1.73 bits per heavy atom. The number of carbonyl (C=O) groups excluding carboxylic acids is 1. The summed E-state index contributed by atoms with van der Waals surface area (Å²) in [6.45, 7) is 0.0447. The number of hydrogen-bond donors (Lipinski definition) is 3. The summed E-state index contributed by atoms with van der Waals surface area (Å²) in [6, 6.07) is 5.64. The summed E-state index contributed by atoms with van der Waals surface area (Å²) in [5.74, 6) is -0.00830. The first-order valence-electron chi connectivity index (χ1n) is 6.14. The molecule has 8 heteroatoms. The van der Waals surface area contributed by atoms with Crippen LogP contribution >= 0.6 is 23.2 Å². The van der Waals surface area contributed by atoms with E-state index in [2.05, 4.69) is 5.32 Å². The van der Waals surface area contributed by atoms with Gasteiger partial charge in [0.25, 0.3) is 5.91 Å². The third kappa shape index (κ3) is 2.58. The number of fused-ring (bicyclic) bond motifs is 1. The van der Waals surface area contributed by atoms with Crippen molar-refractivity contribution in [2.75, 3.05) is 17.8 Å². The topological polar surface area (TPSA) is 93.8 Å². The third-order valence-corrected chi connectivity index (χ3v) is 3.70. The average Bonchev–Trinajstić information content (AvgIpc) is 2.90. The number of anilines is 2. The van der Waals surface area contributed by atoms with Crippen LogP contribution in [-0.2, 0) is 0 Å². The quantitative estimate of drug-likeness (QED) is 0.729. The first-order valence-corrected chi connectivity index (χ1v) is 6.90. The minimum absolute atomic E-state index is 0.0355. The van der Waals surface area contributed by atoms with Gasteiger partial charge >= 0.3 is 0 Å². The number of aromatic hydroxyl groups is 1. The number of amides is 1. The van der Waals surface area contributed by atoms with Gasteiger partial charge in [0.2, 0.25) is 6.79 Å². The number of halogens is 2. The molecule has 1 aliphatic heterocycles. The highest BCUT2D eigenvalue weighted by Gasteiger charge is 2.21. The predicted molar refractivity (Wildman–Crippen MR) is 83.1 cm³/mol. The van der Waals surface area contributed by atoms with E-state index in [4.69, 9.17) is 38.4 Å². The predicted octanol–water partition coefficient (Wildman–Crippen LogP) is 3.26. The van der Waals surface area contributed by atoms with Gasteiger partial charge in [0, 0.05) is 17.8 Å². The van der Waals surface area contributed by atoms with Gasteiger partial charge in [0.1, 0.15) is 5.75 Å². The number of hydrogen-bond acceptors (Lipinski definition) is 5. The van der Waals surface area contributed by atoms with Crippen LogP contribution in [0.15, 0.2) is 24.3 Å². The van der Waals surface area contributed by atoms with E-state index in [0.717, 1.165) is 0 Å². The molecule has 22 heavy (non-hydrogen) atoms. The molecule has 0 aromatic heterocycles. The number of benzene rings is 2. The molecule has 2 aromatic rings. The molecule has 0 spiro atoms. The minimum atomic E-state index is -0.548. The van der Waals surface area contributed by atoms with E-state index in [-0.39, 0.29) is 33.8 Å². The van der Waals surface area contributed by atoms with Crippen molar-refractivity contribution >= 4 is 40.5 Å². The summed E-state index contributed by atoms with van der Waals surface area (Å²) < 4.78 is 10.3. The number of ether oxygens (including phenoxy) is 2. The van der Waals surface area contributed by atoms with Crippen molar-refractivity contribution in [2.45, 2.75) is 0 Å². The van der Waals surface area contributed by atoms with Crippen LogP contribution < -0.4 is 20.5 Å². The average molecular weight is 341 g/mol. The Hall–Kier alpha value is -2.31. The molecular weight excluding hydrogens is 331 g/mol. The van der Waals surface area contributed by atoms with Crippen molar-refractivity contribution in [1.29, 1.82) is 0 Å².